The molecule has 0 spiro atoms. The average Bonchev–Trinajstić information content (AvgIpc) is 3.05. The molecule has 0 aliphatic carbocycles. The first-order chi connectivity index (χ1) is 11.3. The van der Waals surface area contributed by atoms with Crippen LogP contribution in [-0.2, 0) is 13.1 Å². The second-order valence-electron chi connectivity index (χ2n) is 6.40. The van der Waals surface area contributed by atoms with Crippen molar-refractivity contribution in [3.8, 4) is 0 Å². The van der Waals surface area contributed by atoms with Crippen molar-refractivity contribution in [1.29, 1.82) is 0 Å². The van der Waals surface area contributed by atoms with E-state index in [9.17, 15) is 0 Å². The van der Waals surface area contributed by atoms with Crippen LogP contribution in [0.3, 0.4) is 0 Å². The van der Waals surface area contributed by atoms with Gasteiger partial charge in [-0.2, -0.15) is 0 Å². The van der Waals surface area contributed by atoms with E-state index in [1.807, 2.05) is 0 Å². The third-order valence-corrected chi connectivity index (χ3v) is 4.76. The van der Waals surface area contributed by atoms with Gasteiger partial charge in [-0.25, -0.2) is 0 Å². The van der Waals surface area contributed by atoms with E-state index in [2.05, 4.69) is 89.3 Å². The molecule has 0 fully saturated rings. The van der Waals surface area contributed by atoms with Gasteiger partial charge >= 0.3 is 0 Å². The maximum Gasteiger partial charge on any atom is 0.0759 e. The number of fused-ring (bicyclic) bond motifs is 1. The van der Waals surface area contributed by atoms with Crippen molar-refractivity contribution in [2.45, 2.75) is 26.1 Å². The van der Waals surface area contributed by atoms with Crippen LogP contribution in [0.2, 0.25) is 0 Å². The summed E-state index contributed by atoms with van der Waals surface area (Å²) < 4.78 is 2.39. The average molecular weight is 302 g/mol. The number of hydrogen-bond donors (Lipinski definition) is 0. The molecule has 4 rings (SSSR count). The molecule has 0 N–H and O–H groups in total. The highest BCUT2D eigenvalue weighted by Crippen LogP contribution is 2.33. The molecule has 116 valence electrons. The summed E-state index contributed by atoms with van der Waals surface area (Å²) in [7, 11) is 0. The monoisotopic (exact) mass is 302 g/mol. The van der Waals surface area contributed by atoms with Gasteiger partial charge in [-0.3, -0.25) is 4.90 Å². The molecule has 0 saturated heterocycles. The molecule has 23 heavy (non-hydrogen) atoms. The first-order valence-corrected chi connectivity index (χ1v) is 8.31. The first-order valence-electron chi connectivity index (χ1n) is 8.31. The van der Waals surface area contributed by atoms with Crippen LogP contribution in [0.15, 0.2) is 72.9 Å². The molecular formula is C21H22N2. The summed E-state index contributed by atoms with van der Waals surface area (Å²) in [5.41, 5.74) is 5.47. The molecule has 2 nitrogen and oxygen atoms in total. The van der Waals surface area contributed by atoms with Crippen molar-refractivity contribution >= 4 is 0 Å². The number of aryl methyl sites for hydroxylation is 1. The summed E-state index contributed by atoms with van der Waals surface area (Å²) in [6.45, 7) is 5.28. The van der Waals surface area contributed by atoms with Crippen molar-refractivity contribution in [1.82, 2.24) is 9.47 Å². The standard InChI is InChI=1S/C21H22N2/c1-17-9-11-19(12-10-17)21-20-8-5-13-22(20)14-15-23(21)16-18-6-3-2-4-7-18/h2-13,21H,14-16H2,1H3/t21-/m1/s1. The minimum absolute atomic E-state index is 0.333. The molecule has 1 aliphatic heterocycles. The minimum atomic E-state index is 0.333. The van der Waals surface area contributed by atoms with Crippen LogP contribution in [0.1, 0.15) is 28.4 Å². The number of hydrogen-bond acceptors (Lipinski definition) is 1. The number of benzene rings is 2. The van der Waals surface area contributed by atoms with Gasteiger partial charge in [-0.15, -0.1) is 0 Å². The SMILES string of the molecule is Cc1ccc([C@@H]2c3cccn3CCN2Cc2ccccc2)cc1. The fraction of sp³-hybridized carbons (Fsp3) is 0.238. The maximum absolute atomic E-state index is 2.59. The lowest BCUT2D eigenvalue weighted by Crippen LogP contribution is -2.37. The van der Waals surface area contributed by atoms with Crippen molar-refractivity contribution in [2.75, 3.05) is 6.54 Å². The quantitative estimate of drug-likeness (QED) is 0.696. The Morgan fingerprint density at radius 2 is 1.65 bits per heavy atom. The van der Waals surface area contributed by atoms with Gasteiger partial charge in [0.1, 0.15) is 0 Å². The molecule has 1 atom stereocenters. The lowest BCUT2D eigenvalue weighted by Gasteiger charge is -2.37. The molecule has 0 bridgehead atoms. The normalized spacial score (nSPS) is 17.9. The Kier molecular flexibility index (Phi) is 3.76. The Morgan fingerprint density at radius 3 is 2.43 bits per heavy atom. The highest BCUT2D eigenvalue weighted by Gasteiger charge is 2.28. The first kappa shape index (κ1) is 14.3. The molecule has 2 aromatic carbocycles. The minimum Gasteiger partial charge on any atom is -0.348 e. The molecular weight excluding hydrogens is 280 g/mol. The number of aromatic nitrogens is 1. The summed E-state index contributed by atoms with van der Waals surface area (Å²) in [5.74, 6) is 0. The Bertz CT molecular complexity index is 771. The second-order valence-corrected chi connectivity index (χ2v) is 6.40. The molecule has 2 heteroatoms. The summed E-state index contributed by atoms with van der Waals surface area (Å²) in [6.07, 6.45) is 2.20. The molecule has 0 unspecified atom stereocenters. The van der Waals surface area contributed by atoms with Gasteiger partial charge < -0.3 is 4.57 Å². The molecule has 1 aliphatic rings. The zero-order chi connectivity index (χ0) is 15.6. The van der Waals surface area contributed by atoms with Crippen LogP contribution in [0.4, 0.5) is 0 Å². The largest absolute Gasteiger partial charge is 0.348 e. The van der Waals surface area contributed by atoms with Crippen LogP contribution < -0.4 is 0 Å². The summed E-state index contributed by atoms with van der Waals surface area (Å²) in [5, 5.41) is 0. The molecule has 0 amide bonds. The predicted molar refractivity (Wildman–Crippen MR) is 94.3 cm³/mol. The third kappa shape index (κ3) is 2.82. The van der Waals surface area contributed by atoms with Crippen LogP contribution >= 0.6 is 0 Å². The highest BCUT2D eigenvalue weighted by molar-refractivity contribution is 5.32. The van der Waals surface area contributed by atoms with Crippen LogP contribution in [0.5, 0.6) is 0 Å². The van der Waals surface area contributed by atoms with E-state index >= 15 is 0 Å². The van der Waals surface area contributed by atoms with Crippen LogP contribution in [-0.4, -0.2) is 16.0 Å². The van der Waals surface area contributed by atoms with Crippen molar-refractivity contribution in [2.24, 2.45) is 0 Å². The second kappa shape index (κ2) is 6.05. The van der Waals surface area contributed by atoms with Gasteiger partial charge in [0.15, 0.2) is 0 Å². The van der Waals surface area contributed by atoms with E-state index in [-0.39, 0.29) is 0 Å². The molecule has 1 aromatic heterocycles. The van der Waals surface area contributed by atoms with E-state index in [0.29, 0.717) is 6.04 Å². The zero-order valence-corrected chi connectivity index (χ0v) is 13.5. The number of nitrogens with zero attached hydrogens (tertiary/aromatic N) is 2. The molecule has 0 radical (unpaired) electrons. The Hall–Kier alpha value is -2.32. The Morgan fingerprint density at radius 1 is 0.870 bits per heavy atom. The van der Waals surface area contributed by atoms with Gasteiger partial charge in [-0.1, -0.05) is 60.2 Å². The van der Waals surface area contributed by atoms with Gasteiger partial charge in [0.05, 0.1) is 6.04 Å². The maximum atomic E-state index is 2.59. The molecule has 0 saturated carbocycles. The van der Waals surface area contributed by atoms with E-state index in [1.54, 1.807) is 0 Å². The van der Waals surface area contributed by atoms with Crippen LogP contribution in [0, 0.1) is 6.92 Å². The summed E-state index contributed by atoms with van der Waals surface area (Å²) in [4.78, 5) is 2.59. The van der Waals surface area contributed by atoms with Crippen molar-refractivity contribution in [3.63, 3.8) is 0 Å². The smallest absolute Gasteiger partial charge is 0.0759 e. The highest BCUT2D eigenvalue weighted by atomic mass is 15.2. The van der Waals surface area contributed by atoms with Crippen LogP contribution in [0.25, 0.3) is 0 Å². The van der Waals surface area contributed by atoms with E-state index < -0.39 is 0 Å². The van der Waals surface area contributed by atoms with E-state index in [0.717, 1.165) is 19.6 Å². The van der Waals surface area contributed by atoms with Gasteiger partial charge in [-0.05, 0) is 30.2 Å². The van der Waals surface area contributed by atoms with E-state index in [4.69, 9.17) is 0 Å². The van der Waals surface area contributed by atoms with Gasteiger partial charge in [0.2, 0.25) is 0 Å². The van der Waals surface area contributed by atoms with E-state index in [1.165, 1.54) is 22.4 Å². The number of rotatable bonds is 3. The fourth-order valence-electron chi connectivity index (χ4n) is 3.55. The molecule has 2 heterocycles. The lowest BCUT2D eigenvalue weighted by atomic mass is 9.98. The zero-order valence-electron chi connectivity index (χ0n) is 13.5. The summed E-state index contributed by atoms with van der Waals surface area (Å²) in [6, 6.07) is 24.6. The predicted octanol–water partition coefficient (Wildman–Crippen LogP) is 4.40. The van der Waals surface area contributed by atoms with Gasteiger partial charge in [0.25, 0.3) is 0 Å². The third-order valence-electron chi connectivity index (χ3n) is 4.76. The Labute approximate surface area is 138 Å². The lowest BCUT2D eigenvalue weighted by molar-refractivity contribution is 0.174. The van der Waals surface area contributed by atoms with Crippen molar-refractivity contribution < 1.29 is 0 Å². The Balaban J connectivity index is 1.71. The summed E-state index contributed by atoms with van der Waals surface area (Å²) >= 11 is 0. The van der Waals surface area contributed by atoms with Gasteiger partial charge in [0, 0.05) is 31.5 Å². The molecule has 3 aromatic rings. The topological polar surface area (TPSA) is 8.17 Å². The fourth-order valence-corrected chi connectivity index (χ4v) is 3.55. The van der Waals surface area contributed by atoms with Crippen molar-refractivity contribution in [3.05, 3.63) is 95.3 Å².